The minimum Gasteiger partial charge on any atom is -0.493 e. The number of ether oxygens (including phenoxy) is 2. The van der Waals surface area contributed by atoms with Gasteiger partial charge in [0.05, 0.1) is 36.6 Å². The molecule has 0 aliphatic rings. The van der Waals surface area contributed by atoms with Crippen molar-refractivity contribution in [1.82, 2.24) is 14.9 Å². The fourth-order valence-corrected chi connectivity index (χ4v) is 2.96. The van der Waals surface area contributed by atoms with Crippen LogP contribution in [0.5, 0.6) is 11.5 Å². The number of methoxy groups -OCH3 is 2. The van der Waals surface area contributed by atoms with Gasteiger partial charge in [-0.2, -0.15) is 0 Å². The number of para-hydroxylation sites is 3. The highest BCUT2D eigenvalue weighted by atomic mass is 16.5. The average molecular weight is 337 g/mol. The zero-order chi connectivity index (χ0) is 17.8. The molecule has 0 atom stereocenters. The van der Waals surface area contributed by atoms with Gasteiger partial charge >= 0.3 is 0 Å². The first kappa shape index (κ1) is 17.2. The van der Waals surface area contributed by atoms with Crippen LogP contribution in [-0.4, -0.2) is 36.1 Å². The van der Waals surface area contributed by atoms with Crippen LogP contribution in [0.4, 0.5) is 0 Å². The van der Waals surface area contributed by atoms with Crippen LogP contribution in [0.15, 0.2) is 42.5 Å². The van der Waals surface area contributed by atoms with E-state index in [9.17, 15) is 0 Å². The summed E-state index contributed by atoms with van der Waals surface area (Å²) in [6.07, 6.45) is 0. The third-order valence-corrected chi connectivity index (χ3v) is 4.19. The molecule has 5 heteroatoms. The van der Waals surface area contributed by atoms with E-state index in [0.717, 1.165) is 46.0 Å². The number of nitrogens with zero attached hydrogens (tertiary/aromatic N) is 3. The maximum absolute atomic E-state index is 5.52. The third-order valence-electron chi connectivity index (χ3n) is 4.19. The first-order chi connectivity index (χ1) is 12.1. The van der Waals surface area contributed by atoms with Gasteiger partial charge in [-0.15, -0.1) is 0 Å². The van der Waals surface area contributed by atoms with Crippen molar-refractivity contribution in [2.24, 2.45) is 0 Å². The van der Waals surface area contributed by atoms with Gasteiger partial charge in [-0.3, -0.25) is 4.90 Å². The Morgan fingerprint density at radius 3 is 2.28 bits per heavy atom. The maximum Gasteiger partial charge on any atom is 0.165 e. The molecule has 1 aromatic heterocycles. The molecule has 3 aromatic rings. The lowest BCUT2D eigenvalue weighted by Gasteiger charge is -2.20. The summed E-state index contributed by atoms with van der Waals surface area (Å²) < 4.78 is 10.9. The molecule has 0 N–H and O–H groups in total. The summed E-state index contributed by atoms with van der Waals surface area (Å²) in [5, 5.41) is 0. The first-order valence-electron chi connectivity index (χ1n) is 8.23. The normalized spacial score (nSPS) is 11.1. The van der Waals surface area contributed by atoms with Gasteiger partial charge < -0.3 is 9.47 Å². The van der Waals surface area contributed by atoms with Crippen LogP contribution >= 0.6 is 0 Å². The predicted octanol–water partition coefficient (Wildman–Crippen LogP) is 3.59. The van der Waals surface area contributed by atoms with E-state index in [1.54, 1.807) is 14.2 Å². The molecule has 0 spiro atoms. The highest BCUT2D eigenvalue weighted by Crippen LogP contribution is 2.31. The van der Waals surface area contributed by atoms with E-state index in [1.165, 1.54) is 0 Å². The highest BCUT2D eigenvalue weighted by molar-refractivity contribution is 5.74. The van der Waals surface area contributed by atoms with Crippen molar-refractivity contribution >= 4 is 11.0 Å². The molecule has 0 bridgehead atoms. The number of benzene rings is 2. The van der Waals surface area contributed by atoms with Crippen molar-refractivity contribution in [3.05, 3.63) is 59.4 Å². The standard InChI is InChI=1S/C20H23N3O2/c1-14-18(22-17-10-6-5-9-16(17)21-14)13-23(2)12-15-8-7-11-19(24-3)20(15)25-4/h5-11H,12-13H2,1-4H3. The Bertz CT molecular complexity index is 880. The molecular weight excluding hydrogens is 314 g/mol. The molecule has 0 aliphatic heterocycles. The smallest absolute Gasteiger partial charge is 0.165 e. The lowest BCUT2D eigenvalue weighted by atomic mass is 10.1. The van der Waals surface area contributed by atoms with Gasteiger partial charge in [-0.05, 0) is 32.2 Å². The summed E-state index contributed by atoms with van der Waals surface area (Å²) in [4.78, 5) is 11.6. The predicted molar refractivity (Wildman–Crippen MR) is 99.0 cm³/mol. The quantitative estimate of drug-likeness (QED) is 0.688. The second-order valence-electron chi connectivity index (χ2n) is 6.07. The lowest BCUT2D eigenvalue weighted by Crippen LogP contribution is -2.19. The summed E-state index contributed by atoms with van der Waals surface area (Å²) in [6.45, 7) is 3.45. The maximum atomic E-state index is 5.52. The number of hydrogen-bond acceptors (Lipinski definition) is 5. The Balaban J connectivity index is 1.81. The summed E-state index contributed by atoms with van der Waals surface area (Å²) in [5.74, 6) is 1.52. The zero-order valence-corrected chi connectivity index (χ0v) is 15.1. The van der Waals surface area contributed by atoms with Crippen LogP contribution in [0.2, 0.25) is 0 Å². The SMILES string of the molecule is COc1cccc(CN(C)Cc2nc3ccccc3nc2C)c1OC. The van der Waals surface area contributed by atoms with E-state index in [4.69, 9.17) is 14.5 Å². The van der Waals surface area contributed by atoms with E-state index in [2.05, 4.69) is 23.0 Å². The summed E-state index contributed by atoms with van der Waals surface area (Å²) in [6, 6.07) is 13.9. The Labute approximate surface area is 148 Å². The van der Waals surface area contributed by atoms with Crippen LogP contribution < -0.4 is 9.47 Å². The molecule has 0 radical (unpaired) electrons. The molecule has 130 valence electrons. The number of fused-ring (bicyclic) bond motifs is 1. The van der Waals surface area contributed by atoms with Crippen molar-refractivity contribution in [1.29, 1.82) is 0 Å². The van der Waals surface area contributed by atoms with Crippen molar-refractivity contribution < 1.29 is 9.47 Å². The minimum absolute atomic E-state index is 0.712. The average Bonchev–Trinajstić information content (AvgIpc) is 2.62. The second kappa shape index (κ2) is 7.49. The van der Waals surface area contributed by atoms with Crippen molar-refractivity contribution in [2.45, 2.75) is 20.0 Å². The Kier molecular flexibility index (Phi) is 5.14. The van der Waals surface area contributed by atoms with Crippen LogP contribution in [0.3, 0.4) is 0 Å². The van der Waals surface area contributed by atoms with Crippen LogP contribution in [-0.2, 0) is 13.1 Å². The molecule has 2 aromatic carbocycles. The number of rotatable bonds is 6. The zero-order valence-electron chi connectivity index (χ0n) is 15.1. The molecule has 0 fully saturated rings. The molecule has 25 heavy (non-hydrogen) atoms. The van der Waals surface area contributed by atoms with E-state index in [-0.39, 0.29) is 0 Å². The van der Waals surface area contributed by atoms with Gasteiger partial charge in [-0.25, -0.2) is 9.97 Å². The van der Waals surface area contributed by atoms with Gasteiger partial charge in [0.25, 0.3) is 0 Å². The Hall–Kier alpha value is -2.66. The fraction of sp³-hybridized carbons (Fsp3) is 0.300. The summed E-state index contributed by atoms with van der Waals surface area (Å²) in [5.41, 5.74) is 4.89. The minimum atomic E-state index is 0.712. The largest absolute Gasteiger partial charge is 0.493 e. The lowest BCUT2D eigenvalue weighted by molar-refractivity contribution is 0.300. The monoisotopic (exact) mass is 337 g/mol. The molecule has 0 unspecified atom stereocenters. The summed E-state index contributed by atoms with van der Waals surface area (Å²) in [7, 11) is 5.38. The molecule has 1 heterocycles. The fourth-order valence-electron chi connectivity index (χ4n) is 2.96. The van der Waals surface area contributed by atoms with Gasteiger partial charge in [-0.1, -0.05) is 24.3 Å². The topological polar surface area (TPSA) is 47.5 Å². The van der Waals surface area contributed by atoms with Gasteiger partial charge in [0, 0.05) is 18.7 Å². The second-order valence-corrected chi connectivity index (χ2v) is 6.07. The number of aryl methyl sites for hydroxylation is 1. The van der Waals surface area contributed by atoms with Crippen LogP contribution in [0.25, 0.3) is 11.0 Å². The van der Waals surface area contributed by atoms with Crippen molar-refractivity contribution in [2.75, 3.05) is 21.3 Å². The highest BCUT2D eigenvalue weighted by Gasteiger charge is 2.13. The molecule has 0 saturated heterocycles. The molecular formula is C20H23N3O2. The Morgan fingerprint density at radius 2 is 1.60 bits per heavy atom. The molecule has 0 aliphatic carbocycles. The van der Waals surface area contributed by atoms with Gasteiger partial charge in [0.15, 0.2) is 11.5 Å². The molecule has 0 saturated carbocycles. The molecule has 5 nitrogen and oxygen atoms in total. The number of hydrogen-bond donors (Lipinski definition) is 0. The molecule has 3 rings (SSSR count). The molecule has 0 amide bonds. The van der Waals surface area contributed by atoms with Crippen LogP contribution in [0.1, 0.15) is 17.0 Å². The van der Waals surface area contributed by atoms with E-state index >= 15 is 0 Å². The Morgan fingerprint density at radius 1 is 0.880 bits per heavy atom. The van der Waals surface area contributed by atoms with E-state index in [0.29, 0.717) is 6.54 Å². The summed E-state index contributed by atoms with van der Waals surface area (Å²) >= 11 is 0. The van der Waals surface area contributed by atoms with E-state index < -0.39 is 0 Å². The number of aromatic nitrogens is 2. The first-order valence-corrected chi connectivity index (χ1v) is 8.23. The van der Waals surface area contributed by atoms with Gasteiger partial charge in [0.1, 0.15) is 0 Å². The third kappa shape index (κ3) is 3.72. The van der Waals surface area contributed by atoms with Crippen LogP contribution in [0, 0.1) is 6.92 Å². The van der Waals surface area contributed by atoms with E-state index in [1.807, 2.05) is 43.3 Å². The van der Waals surface area contributed by atoms with Crippen molar-refractivity contribution in [3.8, 4) is 11.5 Å². The van der Waals surface area contributed by atoms with Gasteiger partial charge in [0.2, 0.25) is 0 Å². The van der Waals surface area contributed by atoms with Crippen molar-refractivity contribution in [3.63, 3.8) is 0 Å².